The van der Waals surface area contributed by atoms with Crippen molar-refractivity contribution in [2.24, 2.45) is 0 Å². The largest absolute Gasteiger partial charge is 0.352 e. The smallest absolute Gasteiger partial charge is 0.233 e. The minimum Gasteiger partial charge on any atom is -0.352 e. The highest BCUT2D eigenvalue weighted by Gasteiger charge is 2.22. The van der Waals surface area contributed by atoms with Crippen LogP contribution >= 0.6 is 23.1 Å². The number of hydrogen-bond donors (Lipinski definition) is 2. The first kappa shape index (κ1) is 18.2. The Morgan fingerprint density at radius 2 is 2.00 bits per heavy atom. The van der Waals surface area contributed by atoms with E-state index >= 15 is 0 Å². The van der Waals surface area contributed by atoms with Crippen molar-refractivity contribution in [2.45, 2.75) is 61.6 Å². The minimum atomic E-state index is -0.162. The highest BCUT2D eigenvalue weighted by atomic mass is 32.2. The number of nitrogens with zero attached hydrogens (tertiary/aromatic N) is 2. The lowest BCUT2D eigenvalue weighted by molar-refractivity contribution is -0.120. The quantitative estimate of drug-likeness (QED) is 0.702. The van der Waals surface area contributed by atoms with E-state index in [1.807, 2.05) is 19.1 Å². The molecular weight excluding hydrogens is 352 g/mol. The summed E-state index contributed by atoms with van der Waals surface area (Å²) in [5, 5.41) is 15.4. The highest BCUT2D eigenvalue weighted by Crippen LogP contribution is 2.31. The SMILES string of the molecule is CCc1ccc(Nc2nnc(S[C@@H](C)C(=O)NC3CCCC3)s2)cc1. The minimum absolute atomic E-state index is 0.0942. The summed E-state index contributed by atoms with van der Waals surface area (Å²) in [6.45, 7) is 4.06. The molecule has 1 heterocycles. The molecular formula is C18H24N4OS2. The van der Waals surface area contributed by atoms with Crippen LogP contribution in [-0.4, -0.2) is 27.4 Å². The van der Waals surface area contributed by atoms with Gasteiger partial charge in [0.15, 0.2) is 4.34 Å². The van der Waals surface area contributed by atoms with Crippen LogP contribution in [0.3, 0.4) is 0 Å². The number of aromatic nitrogens is 2. The topological polar surface area (TPSA) is 66.9 Å². The lowest BCUT2D eigenvalue weighted by Crippen LogP contribution is -2.37. The third-order valence-electron chi connectivity index (χ3n) is 4.37. The number of carbonyl (C=O) groups is 1. The predicted molar refractivity (Wildman–Crippen MR) is 105 cm³/mol. The summed E-state index contributed by atoms with van der Waals surface area (Å²) in [6.07, 6.45) is 5.68. The molecule has 1 aliphatic rings. The lowest BCUT2D eigenvalue weighted by Gasteiger charge is -2.15. The zero-order valence-electron chi connectivity index (χ0n) is 14.6. The van der Waals surface area contributed by atoms with E-state index in [1.165, 1.54) is 41.5 Å². The number of anilines is 2. The van der Waals surface area contributed by atoms with E-state index in [9.17, 15) is 4.79 Å². The van der Waals surface area contributed by atoms with Crippen LogP contribution in [0.1, 0.15) is 45.1 Å². The Morgan fingerprint density at radius 3 is 2.68 bits per heavy atom. The van der Waals surface area contributed by atoms with Crippen LogP contribution in [0.25, 0.3) is 0 Å². The molecule has 1 saturated carbocycles. The summed E-state index contributed by atoms with van der Waals surface area (Å²) in [7, 11) is 0. The van der Waals surface area contributed by atoms with Crippen molar-refractivity contribution >= 4 is 39.8 Å². The van der Waals surface area contributed by atoms with Crippen LogP contribution in [0.4, 0.5) is 10.8 Å². The Hall–Kier alpha value is -1.60. The second kappa shape index (κ2) is 8.67. The molecule has 2 aromatic rings. The summed E-state index contributed by atoms with van der Waals surface area (Å²) in [5.74, 6) is 0.0942. The van der Waals surface area contributed by atoms with Gasteiger partial charge < -0.3 is 10.6 Å². The summed E-state index contributed by atoms with van der Waals surface area (Å²) in [6, 6.07) is 8.66. The number of nitrogens with one attached hydrogen (secondary N) is 2. The van der Waals surface area contributed by atoms with Crippen molar-refractivity contribution in [1.82, 2.24) is 15.5 Å². The van der Waals surface area contributed by atoms with Crippen LogP contribution < -0.4 is 10.6 Å². The maximum atomic E-state index is 12.3. The molecule has 1 fully saturated rings. The number of aryl methyl sites for hydroxylation is 1. The van der Waals surface area contributed by atoms with Crippen molar-refractivity contribution < 1.29 is 4.79 Å². The highest BCUT2D eigenvalue weighted by molar-refractivity contribution is 8.02. The molecule has 1 aromatic heterocycles. The second-order valence-electron chi connectivity index (χ2n) is 6.30. The maximum Gasteiger partial charge on any atom is 0.233 e. The van der Waals surface area contributed by atoms with Gasteiger partial charge in [0.1, 0.15) is 0 Å². The molecule has 0 saturated heterocycles. The van der Waals surface area contributed by atoms with Gasteiger partial charge in [0.25, 0.3) is 0 Å². The normalized spacial score (nSPS) is 15.9. The second-order valence-corrected chi connectivity index (χ2v) is 8.86. The standard InChI is InChI=1S/C18H24N4OS2/c1-3-13-8-10-15(11-9-13)20-17-21-22-18(25-17)24-12(2)16(23)19-14-6-4-5-7-14/h8-12,14H,3-7H2,1-2H3,(H,19,23)(H,20,21)/t12-/m0/s1. The zero-order valence-corrected chi connectivity index (χ0v) is 16.3. The molecule has 1 amide bonds. The summed E-state index contributed by atoms with van der Waals surface area (Å²) in [5.41, 5.74) is 2.30. The van der Waals surface area contributed by atoms with Crippen molar-refractivity contribution in [1.29, 1.82) is 0 Å². The molecule has 0 spiro atoms. The van der Waals surface area contributed by atoms with E-state index in [-0.39, 0.29) is 11.2 Å². The van der Waals surface area contributed by atoms with E-state index in [1.54, 1.807) is 0 Å². The predicted octanol–water partition coefficient (Wildman–Crippen LogP) is 4.38. The van der Waals surface area contributed by atoms with Gasteiger partial charge in [-0.15, -0.1) is 10.2 Å². The maximum absolute atomic E-state index is 12.3. The van der Waals surface area contributed by atoms with Crippen molar-refractivity contribution in [3.63, 3.8) is 0 Å². The lowest BCUT2D eigenvalue weighted by atomic mass is 10.1. The third-order valence-corrected chi connectivity index (χ3v) is 6.39. The Labute approximate surface area is 157 Å². The Balaban J connectivity index is 1.52. The molecule has 2 N–H and O–H groups in total. The molecule has 25 heavy (non-hydrogen) atoms. The average Bonchev–Trinajstić information content (AvgIpc) is 3.27. The van der Waals surface area contributed by atoms with Crippen LogP contribution in [0.2, 0.25) is 0 Å². The first-order chi connectivity index (χ1) is 12.1. The molecule has 134 valence electrons. The van der Waals surface area contributed by atoms with E-state index < -0.39 is 0 Å². The van der Waals surface area contributed by atoms with Gasteiger partial charge in [0.05, 0.1) is 5.25 Å². The number of carbonyl (C=O) groups excluding carboxylic acids is 1. The molecule has 1 aromatic carbocycles. The van der Waals surface area contributed by atoms with Gasteiger partial charge in [-0.1, -0.05) is 55.0 Å². The number of amides is 1. The number of benzene rings is 1. The fraction of sp³-hybridized carbons (Fsp3) is 0.500. The van der Waals surface area contributed by atoms with Gasteiger partial charge in [0.2, 0.25) is 11.0 Å². The molecule has 0 aliphatic heterocycles. The van der Waals surface area contributed by atoms with Gasteiger partial charge in [-0.2, -0.15) is 0 Å². The molecule has 0 unspecified atom stereocenters. The van der Waals surface area contributed by atoms with E-state index in [0.717, 1.165) is 34.4 Å². The number of thioether (sulfide) groups is 1. The summed E-state index contributed by atoms with van der Waals surface area (Å²) in [4.78, 5) is 12.3. The Morgan fingerprint density at radius 1 is 1.28 bits per heavy atom. The third kappa shape index (κ3) is 5.19. The first-order valence-corrected chi connectivity index (χ1v) is 10.5. The van der Waals surface area contributed by atoms with Gasteiger partial charge in [-0.3, -0.25) is 4.79 Å². The molecule has 3 rings (SSSR count). The first-order valence-electron chi connectivity index (χ1n) is 8.80. The van der Waals surface area contributed by atoms with Crippen LogP contribution in [0, 0.1) is 0 Å². The zero-order chi connectivity index (χ0) is 17.6. The fourth-order valence-electron chi connectivity index (χ4n) is 2.85. The number of rotatable bonds is 7. The van der Waals surface area contributed by atoms with Crippen molar-refractivity contribution in [3.8, 4) is 0 Å². The molecule has 1 atom stereocenters. The van der Waals surface area contributed by atoms with E-state index in [4.69, 9.17) is 0 Å². The molecule has 5 nitrogen and oxygen atoms in total. The molecule has 7 heteroatoms. The monoisotopic (exact) mass is 376 g/mol. The van der Waals surface area contributed by atoms with Gasteiger partial charge in [-0.05, 0) is 43.9 Å². The van der Waals surface area contributed by atoms with Crippen LogP contribution in [0.15, 0.2) is 28.6 Å². The molecule has 0 bridgehead atoms. The molecule has 1 aliphatic carbocycles. The Kier molecular flexibility index (Phi) is 6.31. The van der Waals surface area contributed by atoms with Crippen LogP contribution in [-0.2, 0) is 11.2 Å². The fourth-order valence-corrected chi connectivity index (χ4v) is 4.77. The summed E-state index contributed by atoms with van der Waals surface area (Å²) < 4.78 is 0.807. The van der Waals surface area contributed by atoms with Gasteiger partial charge >= 0.3 is 0 Å². The van der Waals surface area contributed by atoms with Gasteiger partial charge in [0, 0.05) is 11.7 Å². The average molecular weight is 377 g/mol. The van der Waals surface area contributed by atoms with Crippen LogP contribution in [0.5, 0.6) is 0 Å². The van der Waals surface area contributed by atoms with E-state index in [2.05, 4.69) is 39.9 Å². The molecule has 0 radical (unpaired) electrons. The van der Waals surface area contributed by atoms with Crippen molar-refractivity contribution in [2.75, 3.05) is 5.32 Å². The number of hydrogen-bond acceptors (Lipinski definition) is 6. The van der Waals surface area contributed by atoms with Crippen molar-refractivity contribution in [3.05, 3.63) is 29.8 Å². The Bertz CT molecular complexity index is 695. The van der Waals surface area contributed by atoms with E-state index in [0.29, 0.717) is 6.04 Å². The summed E-state index contributed by atoms with van der Waals surface area (Å²) >= 11 is 2.94. The van der Waals surface area contributed by atoms with Gasteiger partial charge in [-0.25, -0.2) is 0 Å².